The predicted molar refractivity (Wildman–Crippen MR) is 68.2 cm³/mol. The van der Waals surface area contributed by atoms with Gasteiger partial charge in [0.15, 0.2) is 0 Å². The maximum absolute atomic E-state index is 3.54. The van der Waals surface area contributed by atoms with Gasteiger partial charge in [-0.3, -0.25) is 0 Å². The number of hydrogen-bond donors (Lipinski definition) is 1. The molecule has 0 aliphatic heterocycles. The molecule has 0 amide bonds. The van der Waals surface area contributed by atoms with Crippen molar-refractivity contribution in [2.45, 2.75) is 26.2 Å². The van der Waals surface area contributed by atoms with Crippen LogP contribution in [0.4, 0.5) is 0 Å². The summed E-state index contributed by atoms with van der Waals surface area (Å²) < 4.78 is 1.21. The summed E-state index contributed by atoms with van der Waals surface area (Å²) in [5.41, 5.74) is 3.09. The second-order valence-electron chi connectivity index (χ2n) is 4.33. The van der Waals surface area contributed by atoms with Gasteiger partial charge in [0.05, 0.1) is 0 Å². The van der Waals surface area contributed by atoms with Crippen LogP contribution in [0, 0.1) is 5.92 Å². The minimum Gasteiger partial charge on any atom is -0.317 e. The van der Waals surface area contributed by atoms with Crippen LogP contribution >= 0.6 is 15.9 Å². The smallest absolute Gasteiger partial charge is 0.0178 e. The van der Waals surface area contributed by atoms with Gasteiger partial charge in [0.1, 0.15) is 0 Å². The number of rotatable bonds is 3. The van der Waals surface area contributed by atoms with E-state index in [1.54, 1.807) is 5.56 Å². The molecule has 2 heteroatoms. The van der Waals surface area contributed by atoms with E-state index in [2.05, 4.69) is 46.4 Å². The zero-order chi connectivity index (χ0) is 10.7. The van der Waals surface area contributed by atoms with Gasteiger partial charge in [-0.05, 0) is 61.5 Å². The SMILES string of the molecule is CCNCC1CCc2cc(Br)ccc2C1. The van der Waals surface area contributed by atoms with Crippen LogP contribution in [-0.2, 0) is 12.8 Å². The summed E-state index contributed by atoms with van der Waals surface area (Å²) >= 11 is 3.54. The number of halogens is 1. The van der Waals surface area contributed by atoms with E-state index in [1.807, 2.05) is 0 Å². The maximum atomic E-state index is 3.54. The number of nitrogens with one attached hydrogen (secondary N) is 1. The van der Waals surface area contributed by atoms with E-state index in [1.165, 1.54) is 35.8 Å². The fourth-order valence-electron chi connectivity index (χ4n) is 2.32. The Bertz CT molecular complexity index is 335. The highest BCUT2D eigenvalue weighted by molar-refractivity contribution is 9.10. The van der Waals surface area contributed by atoms with Crippen LogP contribution in [0.15, 0.2) is 22.7 Å². The topological polar surface area (TPSA) is 12.0 Å². The highest BCUT2D eigenvalue weighted by atomic mass is 79.9. The minimum atomic E-state index is 0.832. The molecule has 0 heterocycles. The number of benzene rings is 1. The van der Waals surface area contributed by atoms with Gasteiger partial charge in [-0.15, -0.1) is 0 Å². The quantitative estimate of drug-likeness (QED) is 0.887. The van der Waals surface area contributed by atoms with Crippen molar-refractivity contribution < 1.29 is 0 Å². The Kier molecular flexibility index (Phi) is 3.81. The minimum absolute atomic E-state index is 0.832. The molecular weight excluding hydrogens is 250 g/mol. The molecule has 1 atom stereocenters. The highest BCUT2D eigenvalue weighted by Gasteiger charge is 2.17. The fraction of sp³-hybridized carbons (Fsp3) is 0.538. The van der Waals surface area contributed by atoms with Gasteiger partial charge in [0.2, 0.25) is 0 Å². The van der Waals surface area contributed by atoms with Crippen molar-refractivity contribution in [2.75, 3.05) is 13.1 Å². The molecule has 0 radical (unpaired) electrons. The predicted octanol–water partition coefficient (Wildman–Crippen LogP) is 3.16. The molecule has 0 bridgehead atoms. The van der Waals surface area contributed by atoms with Gasteiger partial charge in [0.25, 0.3) is 0 Å². The molecule has 0 saturated carbocycles. The Morgan fingerprint density at radius 2 is 2.27 bits per heavy atom. The Labute approximate surface area is 100 Å². The molecule has 2 rings (SSSR count). The average Bonchev–Trinajstić information content (AvgIpc) is 2.26. The van der Waals surface area contributed by atoms with Crippen LogP contribution in [-0.4, -0.2) is 13.1 Å². The van der Waals surface area contributed by atoms with Gasteiger partial charge in [-0.2, -0.15) is 0 Å². The van der Waals surface area contributed by atoms with Crippen molar-refractivity contribution in [1.82, 2.24) is 5.32 Å². The molecule has 1 aromatic carbocycles. The van der Waals surface area contributed by atoms with Crippen LogP contribution in [0.25, 0.3) is 0 Å². The third-order valence-corrected chi connectivity index (χ3v) is 3.68. The summed E-state index contributed by atoms with van der Waals surface area (Å²) in [4.78, 5) is 0. The Balaban J connectivity index is 2.03. The molecule has 82 valence electrons. The number of hydrogen-bond acceptors (Lipinski definition) is 1. The van der Waals surface area contributed by atoms with Crippen molar-refractivity contribution >= 4 is 15.9 Å². The van der Waals surface area contributed by atoms with E-state index < -0.39 is 0 Å². The first kappa shape index (κ1) is 11.2. The lowest BCUT2D eigenvalue weighted by atomic mass is 9.84. The van der Waals surface area contributed by atoms with Gasteiger partial charge in [-0.1, -0.05) is 28.9 Å². The molecule has 1 unspecified atom stereocenters. The first-order chi connectivity index (χ1) is 7.29. The van der Waals surface area contributed by atoms with Gasteiger partial charge in [-0.25, -0.2) is 0 Å². The van der Waals surface area contributed by atoms with E-state index in [4.69, 9.17) is 0 Å². The molecule has 1 aromatic rings. The van der Waals surface area contributed by atoms with Gasteiger partial charge >= 0.3 is 0 Å². The third kappa shape index (κ3) is 2.82. The molecule has 1 N–H and O–H groups in total. The monoisotopic (exact) mass is 267 g/mol. The molecule has 1 aliphatic carbocycles. The molecule has 1 nitrogen and oxygen atoms in total. The Morgan fingerprint density at radius 3 is 3.07 bits per heavy atom. The normalized spacial score (nSPS) is 20.0. The van der Waals surface area contributed by atoms with Crippen molar-refractivity contribution in [3.63, 3.8) is 0 Å². The fourth-order valence-corrected chi connectivity index (χ4v) is 2.73. The molecule has 15 heavy (non-hydrogen) atoms. The molecule has 0 aromatic heterocycles. The second-order valence-corrected chi connectivity index (χ2v) is 5.25. The van der Waals surface area contributed by atoms with Crippen LogP contribution in [0.2, 0.25) is 0 Å². The zero-order valence-electron chi connectivity index (χ0n) is 9.22. The van der Waals surface area contributed by atoms with Crippen molar-refractivity contribution in [1.29, 1.82) is 0 Å². The van der Waals surface area contributed by atoms with Crippen LogP contribution < -0.4 is 5.32 Å². The van der Waals surface area contributed by atoms with Gasteiger partial charge in [0, 0.05) is 4.47 Å². The van der Waals surface area contributed by atoms with Crippen molar-refractivity contribution in [3.8, 4) is 0 Å². The summed E-state index contributed by atoms with van der Waals surface area (Å²) in [5, 5.41) is 3.45. The zero-order valence-corrected chi connectivity index (χ0v) is 10.8. The van der Waals surface area contributed by atoms with Crippen LogP contribution in [0.5, 0.6) is 0 Å². The Morgan fingerprint density at radius 1 is 1.40 bits per heavy atom. The second kappa shape index (κ2) is 5.13. The molecule has 0 fully saturated rings. The standard InChI is InChI=1S/C13H18BrN/c1-2-15-9-10-3-4-12-8-13(14)6-5-11(12)7-10/h5-6,8,10,15H,2-4,7,9H2,1H3. The average molecular weight is 268 g/mol. The summed E-state index contributed by atoms with van der Waals surface area (Å²) in [6.45, 7) is 4.43. The first-order valence-electron chi connectivity index (χ1n) is 5.77. The largest absolute Gasteiger partial charge is 0.317 e. The summed E-state index contributed by atoms with van der Waals surface area (Å²) in [5.74, 6) is 0.832. The van der Waals surface area contributed by atoms with E-state index in [0.29, 0.717) is 0 Å². The molecule has 0 spiro atoms. The summed E-state index contributed by atoms with van der Waals surface area (Å²) in [6, 6.07) is 6.71. The maximum Gasteiger partial charge on any atom is 0.0178 e. The summed E-state index contributed by atoms with van der Waals surface area (Å²) in [6.07, 6.45) is 3.82. The van der Waals surface area contributed by atoms with Crippen molar-refractivity contribution in [3.05, 3.63) is 33.8 Å². The van der Waals surface area contributed by atoms with Gasteiger partial charge < -0.3 is 5.32 Å². The number of fused-ring (bicyclic) bond motifs is 1. The third-order valence-electron chi connectivity index (χ3n) is 3.18. The van der Waals surface area contributed by atoms with E-state index in [9.17, 15) is 0 Å². The van der Waals surface area contributed by atoms with E-state index in [-0.39, 0.29) is 0 Å². The van der Waals surface area contributed by atoms with Crippen molar-refractivity contribution in [2.24, 2.45) is 5.92 Å². The lowest BCUT2D eigenvalue weighted by molar-refractivity contribution is 0.430. The van der Waals surface area contributed by atoms with E-state index in [0.717, 1.165) is 12.5 Å². The molecule has 1 aliphatic rings. The highest BCUT2D eigenvalue weighted by Crippen LogP contribution is 2.27. The molecular formula is C13H18BrN. The summed E-state index contributed by atoms with van der Waals surface area (Å²) in [7, 11) is 0. The lowest BCUT2D eigenvalue weighted by Crippen LogP contribution is -2.27. The Hall–Kier alpha value is -0.340. The lowest BCUT2D eigenvalue weighted by Gasteiger charge is -2.24. The van der Waals surface area contributed by atoms with Crippen LogP contribution in [0.3, 0.4) is 0 Å². The first-order valence-corrected chi connectivity index (χ1v) is 6.57. The molecule has 0 saturated heterocycles. The van der Waals surface area contributed by atoms with Crippen LogP contribution in [0.1, 0.15) is 24.5 Å². The number of aryl methyl sites for hydroxylation is 1. The van der Waals surface area contributed by atoms with E-state index >= 15 is 0 Å².